The van der Waals surface area contributed by atoms with Gasteiger partial charge in [0, 0.05) is 5.02 Å². The van der Waals surface area contributed by atoms with Gasteiger partial charge in [-0.15, -0.1) is 0 Å². The van der Waals surface area contributed by atoms with Crippen LogP contribution in [0.3, 0.4) is 0 Å². The number of benzene rings is 1. The van der Waals surface area contributed by atoms with Crippen molar-refractivity contribution >= 4 is 28.2 Å². The number of hydrogen-bond acceptors (Lipinski definition) is 3. The first kappa shape index (κ1) is 10.6. The average Bonchev–Trinajstić information content (AvgIpc) is 2.19. The lowest BCUT2D eigenvalue weighted by atomic mass is 10.2. The molecule has 0 aliphatic rings. The number of hydrogen-bond donors (Lipinski definition) is 1. The zero-order valence-electron chi connectivity index (χ0n) is 7.66. The van der Waals surface area contributed by atoms with Crippen molar-refractivity contribution in [2.24, 2.45) is 0 Å². The predicted molar refractivity (Wildman–Crippen MR) is 56.2 cm³/mol. The van der Waals surface area contributed by atoms with Gasteiger partial charge in [-0.05, 0) is 12.1 Å². The summed E-state index contributed by atoms with van der Waals surface area (Å²) in [5.74, 6) is -0.727. The molecule has 1 heterocycles. The van der Waals surface area contributed by atoms with Gasteiger partial charge in [0.1, 0.15) is 5.82 Å². The average molecular weight is 243 g/mol. The van der Waals surface area contributed by atoms with E-state index in [0.717, 1.165) is 12.3 Å². The monoisotopic (exact) mass is 242 g/mol. The third-order valence-electron chi connectivity index (χ3n) is 2.08. The second-order valence-electron chi connectivity index (χ2n) is 3.07. The van der Waals surface area contributed by atoms with E-state index in [1.165, 1.54) is 6.07 Å². The van der Waals surface area contributed by atoms with Crippen LogP contribution in [0.1, 0.15) is 0 Å². The Hall–Kier alpha value is -1.95. The van der Waals surface area contributed by atoms with Gasteiger partial charge in [-0.1, -0.05) is 11.6 Å². The Bertz CT molecular complexity index is 653. The Morgan fingerprint density at radius 3 is 2.75 bits per heavy atom. The molecular formula is C9H4ClFN2O3. The third kappa shape index (κ3) is 1.53. The molecule has 0 radical (unpaired) electrons. The van der Waals surface area contributed by atoms with Crippen molar-refractivity contribution in [3.05, 3.63) is 49.5 Å². The van der Waals surface area contributed by atoms with Crippen LogP contribution in [0.15, 0.2) is 23.1 Å². The molecule has 0 spiro atoms. The SMILES string of the molecule is O=c1c([N+](=O)[O-])c[nH]c2c(F)cc(Cl)cc12. The standard InChI is InChI=1S/C9H4ClFN2O3/c10-4-1-5-8(6(11)2-4)12-3-7(9(5)14)13(15)16/h1-3H,(H,12,14). The Kier molecular flexibility index (Phi) is 2.35. The smallest absolute Gasteiger partial charge is 0.332 e. The number of H-pyrrole nitrogens is 1. The highest BCUT2D eigenvalue weighted by molar-refractivity contribution is 6.31. The number of nitrogens with one attached hydrogen (secondary N) is 1. The van der Waals surface area contributed by atoms with Crippen LogP contribution in [0.5, 0.6) is 0 Å². The number of nitrogens with zero attached hydrogens (tertiary/aromatic N) is 1. The molecule has 16 heavy (non-hydrogen) atoms. The summed E-state index contributed by atoms with van der Waals surface area (Å²) in [4.78, 5) is 23.6. The summed E-state index contributed by atoms with van der Waals surface area (Å²) in [5.41, 5.74) is -1.60. The molecular weight excluding hydrogens is 239 g/mol. The zero-order valence-corrected chi connectivity index (χ0v) is 8.42. The molecule has 1 aromatic heterocycles. The van der Waals surface area contributed by atoms with Gasteiger partial charge < -0.3 is 4.98 Å². The molecule has 0 fully saturated rings. The Balaban J connectivity index is 2.95. The van der Waals surface area contributed by atoms with Gasteiger partial charge in [-0.25, -0.2) is 4.39 Å². The fraction of sp³-hybridized carbons (Fsp3) is 0. The first-order valence-corrected chi connectivity index (χ1v) is 4.53. The molecule has 0 aliphatic heterocycles. The van der Waals surface area contributed by atoms with Crippen LogP contribution in [-0.2, 0) is 0 Å². The molecule has 1 aromatic carbocycles. The van der Waals surface area contributed by atoms with E-state index in [-0.39, 0.29) is 15.9 Å². The minimum atomic E-state index is -0.861. The molecule has 2 aromatic rings. The van der Waals surface area contributed by atoms with Gasteiger partial charge >= 0.3 is 5.69 Å². The first-order valence-electron chi connectivity index (χ1n) is 4.15. The van der Waals surface area contributed by atoms with Crippen LogP contribution < -0.4 is 5.43 Å². The number of fused-ring (bicyclic) bond motifs is 1. The van der Waals surface area contributed by atoms with Gasteiger partial charge in [0.15, 0.2) is 0 Å². The van der Waals surface area contributed by atoms with E-state index >= 15 is 0 Å². The lowest BCUT2D eigenvalue weighted by Gasteiger charge is -2.00. The van der Waals surface area contributed by atoms with Crippen LogP contribution in [0.4, 0.5) is 10.1 Å². The van der Waals surface area contributed by atoms with Crippen molar-refractivity contribution in [2.75, 3.05) is 0 Å². The predicted octanol–water partition coefficient (Wildman–Crippen LogP) is 2.23. The van der Waals surface area contributed by atoms with E-state index in [9.17, 15) is 19.3 Å². The van der Waals surface area contributed by atoms with Crippen molar-refractivity contribution in [3.63, 3.8) is 0 Å². The molecule has 0 bridgehead atoms. The summed E-state index contributed by atoms with van der Waals surface area (Å²) in [6.45, 7) is 0. The van der Waals surface area contributed by atoms with E-state index in [1.807, 2.05) is 0 Å². The Labute approximate surface area is 92.6 Å². The molecule has 2 rings (SSSR count). The van der Waals surface area contributed by atoms with Crippen molar-refractivity contribution in [1.29, 1.82) is 0 Å². The van der Waals surface area contributed by atoms with Crippen molar-refractivity contribution in [2.45, 2.75) is 0 Å². The minimum absolute atomic E-state index is 0.0102. The fourth-order valence-corrected chi connectivity index (χ4v) is 1.58. The van der Waals surface area contributed by atoms with Crippen LogP contribution in [-0.4, -0.2) is 9.91 Å². The molecule has 0 saturated carbocycles. The van der Waals surface area contributed by atoms with Crippen molar-refractivity contribution < 1.29 is 9.31 Å². The van der Waals surface area contributed by atoms with Gasteiger partial charge in [-0.3, -0.25) is 14.9 Å². The summed E-state index contributed by atoms with van der Waals surface area (Å²) in [6.07, 6.45) is 0.863. The quantitative estimate of drug-likeness (QED) is 0.615. The number of halogens is 2. The van der Waals surface area contributed by atoms with Crippen molar-refractivity contribution in [1.82, 2.24) is 4.98 Å². The summed E-state index contributed by atoms with van der Waals surface area (Å²) in [5, 5.41) is 10.4. The topological polar surface area (TPSA) is 76.0 Å². The summed E-state index contributed by atoms with van der Waals surface area (Å²) >= 11 is 5.57. The highest BCUT2D eigenvalue weighted by Gasteiger charge is 2.16. The molecule has 0 atom stereocenters. The lowest BCUT2D eigenvalue weighted by molar-refractivity contribution is -0.386. The molecule has 0 saturated heterocycles. The maximum absolute atomic E-state index is 13.3. The van der Waals surface area contributed by atoms with Gasteiger partial charge in [0.2, 0.25) is 0 Å². The number of aromatic nitrogens is 1. The molecule has 82 valence electrons. The molecule has 0 aliphatic carbocycles. The number of aromatic amines is 1. The lowest BCUT2D eigenvalue weighted by Crippen LogP contribution is -2.09. The zero-order chi connectivity index (χ0) is 11.9. The van der Waals surface area contributed by atoms with Crippen LogP contribution >= 0.6 is 11.6 Å². The number of pyridine rings is 1. The fourth-order valence-electron chi connectivity index (χ4n) is 1.38. The highest BCUT2D eigenvalue weighted by atomic mass is 35.5. The van der Waals surface area contributed by atoms with E-state index in [1.54, 1.807) is 0 Å². The van der Waals surface area contributed by atoms with E-state index in [0.29, 0.717) is 0 Å². The van der Waals surface area contributed by atoms with Crippen molar-refractivity contribution in [3.8, 4) is 0 Å². The molecule has 0 amide bonds. The summed E-state index contributed by atoms with van der Waals surface area (Å²) in [6, 6.07) is 2.21. The van der Waals surface area contributed by atoms with Crippen LogP contribution in [0.2, 0.25) is 5.02 Å². The highest BCUT2D eigenvalue weighted by Crippen LogP contribution is 2.20. The van der Waals surface area contributed by atoms with Gasteiger partial charge in [0.05, 0.1) is 22.0 Å². The number of rotatable bonds is 1. The largest absolute Gasteiger partial charge is 0.353 e. The first-order chi connectivity index (χ1) is 7.50. The maximum atomic E-state index is 13.3. The van der Waals surface area contributed by atoms with Gasteiger partial charge in [0.25, 0.3) is 5.43 Å². The normalized spacial score (nSPS) is 10.6. The second kappa shape index (κ2) is 3.57. The van der Waals surface area contributed by atoms with E-state index < -0.39 is 21.9 Å². The minimum Gasteiger partial charge on any atom is -0.353 e. The Morgan fingerprint density at radius 1 is 1.44 bits per heavy atom. The van der Waals surface area contributed by atoms with E-state index in [2.05, 4.69) is 4.98 Å². The van der Waals surface area contributed by atoms with Crippen LogP contribution in [0.25, 0.3) is 10.9 Å². The van der Waals surface area contributed by atoms with Crippen LogP contribution in [0, 0.1) is 15.9 Å². The third-order valence-corrected chi connectivity index (χ3v) is 2.30. The molecule has 0 unspecified atom stereocenters. The van der Waals surface area contributed by atoms with E-state index in [4.69, 9.17) is 11.6 Å². The molecule has 7 heteroatoms. The molecule has 5 nitrogen and oxygen atoms in total. The molecule has 1 N–H and O–H groups in total. The van der Waals surface area contributed by atoms with Gasteiger partial charge in [-0.2, -0.15) is 0 Å². The second-order valence-corrected chi connectivity index (χ2v) is 3.51. The summed E-state index contributed by atoms with van der Waals surface area (Å²) in [7, 11) is 0. The number of nitro groups is 1. The summed E-state index contributed by atoms with van der Waals surface area (Å²) < 4.78 is 13.3. The maximum Gasteiger partial charge on any atom is 0.332 e. The Morgan fingerprint density at radius 2 is 2.12 bits per heavy atom.